The third kappa shape index (κ3) is 9.53. The molecule has 0 aliphatic rings. The molecule has 2 aromatic heterocycles. The Morgan fingerprint density at radius 2 is 1.40 bits per heavy atom. The number of aromatic carboxylic acids is 2. The predicted molar refractivity (Wildman–Crippen MR) is 204 cm³/mol. The second-order valence-electron chi connectivity index (χ2n) is 11.8. The zero-order valence-corrected chi connectivity index (χ0v) is 29.7. The molecule has 0 spiro atoms. The molecule has 0 radical (unpaired) electrons. The van der Waals surface area contributed by atoms with Crippen LogP contribution in [0.15, 0.2) is 116 Å². The highest BCUT2D eigenvalue weighted by Crippen LogP contribution is 2.30. The van der Waals surface area contributed by atoms with Gasteiger partial charge in [0.2, 0.25) is 0 Å². The van der Waals surface area contributed by atoms with Crippen LogP contribution in [-0.2, 0) is 0 Å². The van der Waals surface area contributed by atoms with E-state index >= 15 is 0 Å². The van der Waals surface area contributed by atoms with Crippen LogP contribution in [0.2, 0.25) is 0 Å². The van der Waals surface area contributed by atoms with E-state index < -0.39 is 17.8 Å². The van der Waals surface area contributed by atoms with Crippen molar-refractivity contribution >= 4 is 34.7 Å². The molecule has 6 aromatic rings. The van der Waals surface area contributed by atoms with Gasteiger partial charge in [0.25, 0.3) is 0 Å². The highest BCUT2D eigenvalue weighted by molar-refractivity contribution is 5.96. The summed E-state index contributed by atoms with van der Waals surface area (Å²) in [5.74, 6) is -1.45. The highest BCUT2D eigenvalue weighted by atomic mass is 19.1. The van der Waals surface area contributed by atoms with Crippen molar-refractivity contribution in [2.75, 3.05) is 23.8 Å². The van der Waals surface area contributed by atoms with Gasteiger partial charge in [-0.2, -0.15) is 0 Å². The molecule has 0 aliphatic carbocycles. The van der Waals surface area contributed by atoms with Crippen molar-refractivity contribution in [3.63, 3.8) is 0 Å². The number of pyridine rings is 2. The lowest BCUT2D eigenvalue weighted by Crippen LogP contribution is -2.04. The first-order valence-electron chi connectivity index (χ1n) is 16.9. The minimum atomic E-state index is -1.02. The molecule has 0 aliphatic heterocycles. The molecule has 53 heavy (non-hydrogen) atoms. The minimum absolute atomic E-state index is 0.159. The van der Waals surface area contributed by atoms with Gasteiger partial charge in [-0.3, -0.25) is 9.97 Å². The monoisotopic (exact) mass is 714 g/mol. The van der Waals surface area contributed by atoms with Crippen LogP contribution in [0, 0.1) is 19.7 Å². The normalized spacial score (nSPS) is 10.4. The molecule has 270 valence electrons. The average molecular weight is 715 g/mol. The molecule has 0 bridgehead atoms. The Morgan fingerprint density at radius 3 is 2.09 bits per heavy atom. The van der Waals surface area contributed by atoms with E-state index in [1.165, 1.54) is 12.3 Å². The van der Waals surface area contributed by atoms with E-state index in [-0.39, 0.29) is 16.9 Å². The molecule has 4 aromatic carbocycles. The lowest BCUT2D eigenvalue weighted by molar-refractivity contribution is 0.0687. The molecule has 6 rings (SSSR count). The van der Waals surface area contributed by atoms with Crippen LogP contribution < -0.4 is 20.1 Å². The Hall–Kier alpha value is -6.75. The Morgan fingerprint density at radius 1 is 0.679 bits per heavy atom. The van der Waals surface area contributed by atoms with Crippen molar-refractivity contribution < 1.29 is 33.7 Å². The molecule has 11 heteroatoms. The number of benzene rings is 4. The molecule has 0 saturated heterocycles. The van der Waals surface area contributed by atoms with Crippen LogP contribution in [-0.4, -0.2) is 45.3 Å². The van der Waals surface area contributed by atoms with Gasteiger partial charge in [0, 0.05) is 11.1 Å². The van der Waals surface area contributed by atoms with E-state index in [1.807, 2.05) is 57.2 Å². The number of ether oxygens (including phenoxy) is 2. The van der Waals surface area contributed by atoms with Gasteiger partial charge in [0.05, 0.1) is 70.9 Å². The fourth-order valence-electron chi connectivity index (χ4n) is 5.38. The number of hydrogen-bond donors (Lipinski definition) is 4. The van der Waals surface area contributed by atoms with E-state index in [1.54, 1.807) is 73.8 Å². The molecular weight excluding hydrogens is 675 g/mol. The van der Waals surface area contributed by atoms with Crippen molar-refractivity contribution in [2.24, 2.45) is 0 Å². The Kier molecular flexibility index (Phi) is 12.4. The SMILES string of the molecule is CCOc1cccc(-c2cc(C)c(Nc3ccc(C)cc3C(=O)O)cn2)c1.CCOc1cccc(-c2ccc(Nc3ccccc3C(=O)O)cn2)c1F. The lowest BCUT2D eigenvalue weighted by atomic mass is 10.1. The van der Waals surface area contributed by atoms with Gasteiger partial charge in [-0.1, -0.05) is 42.0 Å². The Labute approximate surface area is 306 Å². The maximum Gasteiger partial charge on any atom is 0.337 e. The van der Waals surface area contributed by atoms with Crippen molar-refractivity contribution in [3.05, 3.63) is 144 Å². The van der Waals surface area contributed by atoms with E-state index in [2.05, 4.69) is 20.6 Å². The summed E-state index contributed by atoms with van der Waals surface area (Å²) in [5.41, 5.74) is 7.25. The van der Waals surface area contributed by atoms with Gasteiger partial charge in [0.15, 0.2) is 11.6 Å². The number of nitrogens with one attached hydrogen (secondary N) is 2. The van der Waals surface area contributed by atoms with Gasteiger partial charge in [-0.05, 0) is 100.0 Å². The summed E-state index contributed by atoms with van der Waals surface area (Å²) in [6.07, 6.45) is 3.25. The maximum atomic E-state index is 14.5. The number of aryl methyl sites for hydroxylation is 2. The van der Waals surface area contributed by atoms with Crippen LogP contribution in [0.1, 0.15) is 45.7 Å². The topological polar surface area (TPSA) is 143 Å². The minimum Gasteiger partial charge on any atom is -0.494 e. The molecule has 0 saturated carbocycles. The molecule has 0 fully saturated rings. The number of carbonyl (C=O) groups is 2. The number of rotatable bonds is 12. The maximum absolute atomic E-state index is 14.5. The zero-order chi connectivity index (χ0) is 37.9. The number of carboxylic acid groups (broad SMARTS) is 2. The number of para-hydroxylation sites is 1. The van der Waals surface area contributed by atoms with Gasteiger partial charge >= 0.3 is 11.9 Å². The van der Waals surface area contributed by atoms with Crippen LogP contribution in [0.4, 0.5) is 27.1 Å². The summed E-state index contributed by atoms with van der Waals surface area (Å²) < 4.78 is 25.3. The number of halogens is 1. The summed E-state index contributed by atoms with van der Waals surface area (Å²) >= 11 is 0. The van der Waals surface area contributed by atoms with Crippen molar-refractivity contribution in [1.82, 2.24) is 9.97 Å². The first kappa shape index (κ1) is 37.5. The smallest absolute Gasteiger partial charge is 0.337 e. The van der Waals surface area contributed by atoms with E-state index in [9.17, 15) is 24.2 Å². The molecule has 0 unspecified atom stereocenters. The van der Waals surface area contributed by atoms with E-state index in [0.29, 0.717) is 41.5 Å². The largest absolute Gasteiger partial charge is 0.494 e. The Bertz CT molecular complexity index is 2230. The number of hydrogen-bond acceptors (Lipinski definition) is 8. The van der Waals surface area contributed by atoms with Crippen LogP contribution in [0.5, 0.6) is 11.5 Å². The summed E-state index contributed by atoms with van der Waals surface area (Å²) in [7, 11) is 0. The first-order valence-corrected chi connectivity index (χ1v) is 16.9. The predicted octanol–water partition coefficient (Wildman–Crippen LogP) is 9.93. The summed E-state index contributed by atoms with van der Waals surface area (Å²) in [5, 5.41) is 24.9. The van der Waals surface area contributed by atoms with Crippen molar-refractivity contribution in [2.45, 2.75) is 27.7 Å². The van der Waals surface area contributed by atoms with Crippen LogP contribution >= 0.6 is 0 Å². The highest BCUT2D eigenvalue weighted by Gasteiger charge is 2.14. The second kappa shape index (κ2) is 17.5. The third-order valence-electron chi connectivity index (χ3n) is 7.97. The van der Waals surface area contributed by atoms with Crippen molar-refractivity contribution in [1.29, 1.82) is 0 Å². The van der Waals surface area contributed by atoms with Gasteiger partial charge in [-0.15, -0.1) is 0 Å². The number of carboxylic acids is 2. The molecule has 0 atom stereocenters. The van der Waals surface area contributed by atoms with Gasteiger partial charge in [0.1, 0.15) is 5.75 Å². The van der Waals surface area contributed by atoms with Crippen molar-refractivity contribution in [3.8, 4) is 34.0 Å². The Balaban J connectivity index is 0.000000204. The summed E-state index contributed by atoms with van der Waals surface area (Å²) in [4.78, 5) is 31.6. The standard InChI is InChI=1S/C22H22N2O3.C20H17FN2O3/c1-4-27-17-7-5-6-16(12-17)20-11-15(3)21(13-23-20)24-19-9-8-14(2)10-18(19)22(25)26;1-2-26-18-9-5-7-14(19(18)21)16-11-10-13(12-22-16)23-17-8-4-3-6-15(17)20(24)25/h5-13,24H,4H2,1-3H3,(H,25,26);3-12,23H,2H2,1H3,(H,24,25). The first-order chi connectivity index (χ1) is 25.6. The molecule has 10 nitrogen and oxygen atoms in total. The number of nitrogens with zero attached hydrogens (tertiary/aromatic N) is 2. The lowest BCUT2D eigenvalue weighted by Gasteiger charge is -2.13. The molecule has 4 N–H and O–H groups in total. The van der Waals surface area contributed by atoms with E-state index in [4.69, 9.17) is 9.47 Å². The fraction of sp³-hybridized carbons (Fsp3) is 0.143. The molecule has 0 amide bonds. The van der Waals surface area contributed by atoms with Crippen LogP contribution in [0.3, 0.4) is 0 Å². The zero-order valence-electron chi connectivity index (χ0n) is 29.7. The van der Waals surface area contributed by atoms with E-state index in [0.717, 1.165) is 33.8 Å². The molecule has 2 heterocycles. The van der Waals surface area contributed by atoms with Gasteiger partial charge < -0.3 is 30.3 Å². The number of anilines is 4. The summed E-state index contributed by atoms with van der Waals surface area (Å²) in [6.45, 7) is 8.56. The second-order valence-corrected chi connectivity index (χ2v) is 11.8. The third-order valence-corrected chi connectivity index (χ3v) is 7.97. The quantitative estimate of drug-likeness (QED) is 0.0967. The summed E-state index contributed by atoms with van der Waals surface area (Å²) in [6, 6.07) is 30.0. The average Bonchev–Trinajstić information content (AvgIpc) is 3.15. The number of aromatic nitrogens is 2. The van der Waals surface area contributed by atoms with Crippen LogP contribution in [0.25, 0.3) is 22.5 Å². The van der Waals surface area contributed by atoms with Gasteiger partial charge in [-0.25, -0.2) is 14.0 Å². The molecular formula is C42H39FN4O6. The fourth-order valence-corrected chi connectivity index (χ4v) is 5.38.